The first-order valence-electron chi connectivity index (χ1n) is 4.77. The maximum Gasteiger partial charge on any atom is 0.0704 e. The SMILES string of the molecule is CCCC1(OC)CCN(N)CC1. The Morgan fingerprint density at radius 1 is 1.42 bits per heavy atom. The maximum atomic E-state index is 5.68. The Labute approximate surface area is 74.8 Å². The molecule has 3 nitrogen and oxygen atoms in total. The van der Waals surface area contributed by atoms with Crippen molar-refractivity contribution in [2.24, 2.45) is 5.84 Å². The topological polar surface area (TPSA) is 38.5 Å². The summed E-state index contributed by atoms with van der Waals surface area (Å²) in [6, 6.07) is 0. The van der Waals surface area contributed by atoms with Crippen LogP contribution < -0.4 is 5.84 Å². The minimum Gasteiger partial charge on any atom is -0.378 e. The van der Waals surface area contributed by atoms with Gasteiger partial charge in [-0.3, -0.25) is 5.84 Å². The van der Waals surface area contributed by atoms with E-state index in [0.717, 1.165) is 32.4 Å². The van der Waals surface area contributed by atoms with Gasteiger partial charge in [-0.05, 0) is 19.3 Å². The Morgan fingerprint density at radius 2 is 2.00 bits per heavy atom. The largest absolute Gasteiger partial charge is 0.378 e. The summed E-state index contributed by atoms with van der Waals surface area (Å²) < 4.78 is 5.59. The molecule has 1 saturated heterocycles. The van der Waals surface area contributed by atoms with Gasteiger partial charge in [0.1, 0.15) is 0 Å². The van der Waals surface area contributed by atoms with Gasteiger partial charge in [0.15, 0.2) is 0 Å². The molecule has 0 aromatic heterocycles. The lowest BCUT2D eigenvalue weighted by Gasteiger charge is -2.39. The van der Waals surface area contributed by atoms with E-state index in [9.17, 15) is 0 Å². The number of hydrogen-bond acceptors (Lipinski definition) is 3. The van der Waals surface area contributed by atoms with Crippen molar-refractivity contribution in [1.82, 2.24) is 5.01 Å². The molecule has 0 radical (unpaired) electrons. The van der Waals surface area contributed by atoms with Crippen molar-refractivity contribution >= 4 is 0 Å². The lowest BCUT2D eigenvalue weighted by molar-refractivity contribution is -0.0632. The fourth-order valence-electron chi connectivity index (χ4n) is 1.94. The summed E-state index contributed by atoms with van der Waals surface area (Å²) in [6.45, 7) is 4.14. The number of nitrogens with two attached hydrogens (primary N) is 1. The molecular formula is C9H20N2O. The number of nitrogens with zero attached hydrogens (tertiary/aromatic N) is 1. The van der Waals surface area contributed by atoms with Crippen molar-refractivity contribution in [2.45, 2.75) is 38.2 Å². The second-order valence-corrected chi connectivity index (χ2v) is 3.67. The Balaban J connectivity index is 2.45. The molecule has 2 N–H and O–H groups in total. The van der Waals surface area contributed by atoms with Crippen molar-refractivity contribution in [3.63, 3.8) is 0 Å². The van der Waals surface area contributed by atoms with Gasteiger partial charge < -0.3 is 4.74 Å². The van der Waals surface area contributed by atoms with E-state index in [2.05, 4.69) is 6.92 Å². The molecular weight excluding hydrogens is 152 g/mol. The minimum atomic E-state index is 0.130. The van der Waals surface area contributed by atoms with Crippen LogP contribution in [0.15, 0.2) is 0 Å². The lowest BCUT2D eigenvalue weighted by Crippen LogP contribution is -2.48. The van der Waals surface area contributed by atoms with Crippen molar-refractivity contribution in [1.29, 1.82) is 0 Å². The second-order valence-electron chi connectivity index (χ2n) is 3.67. The zero-order valence-corrected chi connectivity index (χ0v) is 8.18. The van der Waals surface area contributed by atoms with Crippen molar-refractivity contribution in [3.8, 4) is 0 Å². The molecule has 0 aromatic rings. The van der Waals surface area contributed by atoms with Crippen LogP contribution in [0.2, 0.25) is 0 Å². The average molecular weight is 172 g/mol. The van der Waals surface area contributed by atoms with Gasteiger partial charge in [-0.25, -0.2) is 5.01 Å². The Morgan fingerprint density at radius 3 is 2.42 bits per heavy atom. The molecule has 1 aliphatic heterocycles. The number of hydrazine groups is 1. The van der Waals surface area contributed by atoms with Crippen LogP contribution in [0.25, 0.3) is 0 Å². The van der Waals surface area contributed by atoms with Crippen LogP contribution in [-0.2, 0) is 4.74 Å². The lowest BCUT2D eigenvalue weighted by atomic mass is 9.87. The summed E-state index contributed by atoms with van der Waals surface area (Å²) in [7, 11) is 1.82. The van der Waals surface area contributed by atoms with E-state index < -0.39 is 0 Å². The molecule has 1 fully saturated rings. The van der Waals surface area contributed by atoms with Crippen LogP contribution in [-0.4, -0.2) is 30.8 Å². The highest BCUT2D eigenvalue weighted by atomic mass is 16.5. The summed E-state index contributed by atoms with van der Waals surface area (Å²) in [4.78, 5) is 0. The zero-order valence-electron chi connectivity index (χ0n) is 8.18. The number of ether oxygens (including phenoxy) is 1. The van der Waals surface area contributed by atoms with Gasteiger partial charge in [0, 0.05) is 20.2 Å². The van der Waals surface area contributed by atoms with Crippen molar-refractivity contribution < 1.29 is 4.74 Å². The average Bonchev–Trinajstić information content (AvgIpc) is 2.10. The summed E-state index contributed by atoms with van der Waals surface area (Å²) in [5.41, 5.74) is 0.130. The Hall–Kier alpha value is -0.120. The predicted octanol–water partition coefficient (Wildman–Crippen LogP) is 1.14. The highest BCUT2D eigenvalue weighted by molar-refractivity contribution is 4.85. The summed E-state index contributed by atoms with van der Waals surface area (Å²) in [6.07, 6.45) is 4.51. The third-order valence-electron chi connectivity index (χ3n) is 2.85. The number of rotatable bonds is 3. The number of piperidine rings is 1. The first-order chi connectivity index (χ1) is 5.72. The molecule has 0 aliphatic carbocycles. The molecule has 0 atom stereocenters. The molecule has 0 unspecified atom stereocenters. The molecule has 0 aromatic carbocycles. The van der Waals surface area contributed by atoms with Gasteiger partial charge in [-0.2, -0.15) is 0 Å². The van der Waals surface area contributed by atoms with Crippen LogP contribution in [0.4, 0.5) is 0 Å². The maximum absolute atomic E-state index is 5.68. The van der Waals surface area contributed by atoms with Crippen LogP contribution in [0, 0.1) is 0 Å². The number of hydrogen-bond donors (Lipinski definition) is 1. The van der Waals surface area contributed by atoms with Crippen LogP contribution >= 0.6 is 0 Å². The fraction of sp³-hybridized carbons (Fsp3) is 1.00. The van der Waals surface area contributed by atoms with E-state index >= 15 is 0 Å². The van der Waals surface area contributed by atoms with E-state index in [1.165, 1.54) is 6.42 Å². The standard InChI is InChI=1S/C9H20N2O/c1-3-4-9(12-2)5-7-11(10)8-6-9/h3-8,10H2,1-2H3. The summed E-state index contributed by atoms with van der Waals surface area (Å²) in [5, 5.41) is 1.88. The summed E-state index contributed by atoms with van der Waals surface area (Å²) >= 11 is 0. The van der Waals surface area contributed by atoms with Gasteiger partial charge in [0.2, 0.25) is 0 Å². The normalized spacial score (nSPS) is 24.2. The number of methoxy groups -OCH3 is 1. The Kier molecular flexibility index (Phi) is 3.50. The molecule has 12 heavy (non-hydrogen) atoms. The molecule has 3 heteroatoms. The highest BCUT2D eigenvalue weighted by Gasteiger charge is 2.32. The molecule has 72 valence electrons. The highest BCUT2D eigenvalue weighted by Crippen LogP contribution is 2.29. The molecule has 0 amide bonds. The van der Waals surface area contributed by atoms with Gasteiger partial charge >= 0.3 is 0 Å². The van der Waals surface area contributed by atoms with Crippen LogP contribution in [0.5, 0.6) is 0 Å². The smallest absolute Gasteiger partial charge is 0.0704 e. The third-order valence-corrected chi connectivity index (χ3v) is 2.85. The molecule has 1 rings (SSSR count). The Bertz CT molecular complexity index is 130. The van der Waals surface area contributed by atoms with Gasteiger partial charge in [-0.15, -0.1) is 0 Å². The van der Waals surface area contributed by atoms with E-state index in [1.54, 1.807) is 0 Å². The monoisotopic (exact) mass is 172 g/mol. The van der Waals surface area contributed by atoms with E-state index in [0.29, 0.717) is 0 Å². The fourth-order valence-corrected chi connectivity index (χ4v) is 1.94. The first kappa shape index (κ1) is 9.96. The third kappa shape index (κ3) is 2.19. The van der Waals surface area contributed by atoms with Crippen LogP contribution in [0.3, 0.4) is 0 Å². The van der Waals surface area contributed by atoms with E-state index in [4.69, 9.17) is 10.6 Å². The molecule has 0 spiro atoms. The van der Waals surface area contributed by atoms with Crippen LogP contribution in [0.1, 0.15) is 32.6 Å². The van der Waals surface area contributed by atoms with Gasteiger partial charge in [0.05, 0.1) is 5.60 Å². The summed E-state index contributed by atoms with van der Waals surface area (Å²) in [5.74, 6) is 5.68. The predicted molar refractivity (Wildman–Crippen MR) is 49.6 cm³/mol. The van der Waals surface area contributed by atoms with Crippen molar-refractivity contribution in [3.05, 3.63) is 0 Å². The quantitative estimate of drug-likeness (QED) is 0.649. The van der Waals surface area contributed by atoms with E-state index in [1.807, 2.05) is 12.1 Å². The molecule has 1 heterocycles. The van der Waals surface area contributed by atoms with Gasteiger partial charge in [-0.1, -0.05) is 13.3 Å². The molecule has 1 aliphatic rings. The zero-order chi connectivity index (χ0) is 9.03. The van der Waals surface area contributed by atoms with Crippen molar-refractivity contribution in [2.75, 3.05) is 20.2 Å². The molecule has 0 bridgehead atoms. The van der Waals surface area contributed by atoms with E-state index in [-0.39, 0.29) is 5.60 Å². The molecule has 0 saturated carbocycles. The van der Waals surface area contributed by atoms with Gasteiger partial charge in [0.25, 0.3) is 0 Å². The minimum absolute atomic E-state index is 0.130. The second kappa shape index (κ2) is 4.21. The first-order valence-corrected chi connectivity index (χ1v) is 4.77.